The van der Waals surface area contributed by atoms with Crippen LogP contribution in [-0.4, -0.2) is 10.9 Å². The number of amides is 1. The van der Waals surface area contributed by atoms with Crippen molar-refractivity contribution in [3.63, 3.8) is 0 Å². The molecule has 0 atom stereocenters. The second-order valence-corrected chi connectivity index (χ2v) is 7.17. The highest BCUT2D eigenvalue weighted by molar-refractivity contribution is 7.09. The van der Waals surface area contributed by atoms with Crippen LogP contribution in [0, 0.1) is 0 Å². The minimum atomic E-state index is -0.472. The molecule has 1 amide bonds. The van der Waals surface area contributed by atoms with Gasteiger partial charge in [0.2, 0.25) is 0 Å². The van der Waals surface area contributed by atoms with Crippen molar-refractivity contribution in [3.8, 4) is 11.3 Å². The summed E-state index contributed by atoms with van der Waals surface area (Å²) >= 11 is 7.35. The molecule has 27 heavy (non-hydrogen) atoms. The van der Waals surface area contributed by atoms with Gasteiger partial charge in [0.05, 0.1) is 17.6 Å². The summed E-state index contributed by atoms with van der Waals surface area (Å²) in [4.78, 5) is 29.1. The summed E-state index contributed by atoms with van der Waals surface area (Å²) in [6.45, 7) is 0.249. The Labute approximate surface area is 163 Å². The van der Waals surface area contributed by atoms with Crippen LogP contribution >= 0.6 is 22.9 Å². The lowest BCUT2D eigenvalue weighted by Gasteiger charge is -2.04. The number of hydrogen-bond acceptors (Lipinski definition) is 5. The molecule has 0 saturated carbocycles. The highest BCUT2D eigenvalue weighted by Crippen LogP contribution is 2.21. The van der Waals surface area contributed by atoms with Gasteiger partial charge in [0.1, 0.15) is 10.6 Å². The topological polar surface area (TPSA) is 72.2 Å². The molecule has 5 nitrogen and oxygen atoms in total. The largest absolute Gasteiger partial charge is 0.451 e. The van der Waals surface area contributed by atoms with Crippen molar-refractivity contribution in [1.29, 1.82) is 0 Å². The van der Waals surface area contributed by atoms with Gasteiger partial charge in [0, 0.05) is 22.0 Å². The molecular formula is C20H13ClN2O3S. The van der Waals surface area contributed by atoms with Gasteiger partial charge in [0.25, 0.3) is 5.91 Å². The van der Waals surface area contributed by atoms with Gasteiger partial charge in [-0.3, -0.25) is 9.59 Å². The molecule has 0 aliphatic rings. The number of fused-ring (bicyclic) bond motifs is 1. The zero-order chi connectivity index (χ0) is 18.8. The van der Waals surface area contributed by atoms with E-state index < -0.39 is 5.91 Å². The number of aromatic nitrogens is 1. The van der Waals surface area contributed by atoms with Crippen molar-refractivity contribution in [2.45, 2.75) is 6.54 Å². The second kappa shape index (κ2) is 7.34. The molecule has 0 aliphatic carbocycles. The quantitative estimate of drug-likeness (QED) is 0.551. The van der Waals surface area contributed by atoms with Gasteiger partial charge >= 0.3 is 0 Å². The summed E-state index contributed by atoms with van der Waals surface area (Å²) < 4.78 is 5.53. The van der Waals surface area contributed by atoms with Crippen molar-refractivity contribution in [1.82, 2.24) is 10.3 Å². The van der Waals surface area contributed by atoms with Crippen molar-refractivity contribution >= 4 is 39.8 Å². The number of carbonyl (C=O) groups excluding carboxylic acids is 1. The minimum absolute atomic E-state index is 0.0466. The number of nitrogens with one attached hydrogen (secondary N) is 1. The van der Waals surface area contributed by atoms with E-state index in [1.807, 2.05) is 35.7 Å². The van der Waals surface area contributed by atoms with Crippen LogP contribution in [0.25, 0.3) is 22.2 Å². The summed E-state index contributed by atoms with van der Waals surface area (Å²) in [5.41, 5.74) is 1.88. The Morgan fingerprint density at radius 3 is 2.78 bits per heavy atom. The molecular weight excluding hydrogens is 384 g/mol. The van der Waals surface area contributed by atoms with E-state index in [2.05, 4.69) is 10.3 Å². The van der Waals surface area contributed by atoms with Crippen LogP contribution in [0.4, 0.5) is 0 Å². The first-order valence-corrected chi connectivity index (χ1v) is 9.37. The lowest BCUT2D eigenvalue weighted by atomic mass is 10.2. The summed E-state index contributed by atoms with van der Waals surface area (Å²) in [5, 5.41) is 6.21. The Morgan fingerprint density at radius 1 is 1.15 bits per heavy atom. The smallest absolute Gasteiger partial charge is 0.287 e. The Balaban J connectivity index is 1.50. The molecule has 0 aliphatic heterocycles. The highest BCUT2D eigenvalue weighted by atomic mass is 35.5. The predicted octanol–water partition coefficient (Wildman–Crippen LogP) is 4.50. The van der Waals surface area contributed by atoms with Gasteiger partial charge in [-0.05, 0) is 18.2 Å². The second-order valence-electron chi connectivity index (χ2n) is 5.79. The molecule has 0 unspecified atom stereocenters. The van der Waals surface area contributed by atoms with Crippen LogP contribution < -0.4 is 10.7 Å². The average molecular weight is 397 g/mol. The third kappa shape index (κ3) is 3.77. The number of carbonyl (C=O) groups is 1. The van der Waals surface area contributed by atoms with Gasteiger partial charge in [-0.15, -0.1) is 11.3 Å². The van der Waals surface area contributed by atoms with Gasteiger partial charge in [-0.2, -0.15) is 0 Å². The van der Waals surface area contributed by atoms with E-state index in [0.717, 1.165) is 16.3 Å². The Hall–Kier alpha value is -2.96. The zero-order valence-electron chi connectivity index (χ0n) is 13.9. The SMILES string of the molecule is O=C(NCc1nc(-c2ccccc2)cs1)c1cc(=O)c2cc(Cl)ccc2o1. The first kappa shape index (κ1) is 17.5. The highest BCUT2D eigenvalue weighted by Gasteiger charge is 2.13. The maximum atomic E-state index is 12.4. The maximum Gasteiger partial charge on any atom is 0.287 e. The molecule has 0 spiro atoms. The number of hydrogen-bond donors (Lipinski definition) is 1. The molecule has 2 heterocycles. The Kier molecular flexibility index (Phi) is 4.75. The maximum absolute atomic E-state index is 12.4. The molecule has 4 aromatic rings. The minimum Gasteiger partial charge on any atom is -0.451 e. The first-order valence-electron chi connectivity index (χ1n) is 8.11. The molecule has 0 saturated heterocycles. The normalized spacial score (nSPS) is 10.9. The number of benzene rings is 2. The lowest BCUT2D eigenvalue weighted by molar-refractivity contribution is 0.0923. The summed E-state index contributed by atoms with van der Waals surface area (Å²) in [6, 6.07) is 15.7. The van der Waals surface area contributed by atoms with Gasteiger partial charge in [0.15, 0.2) is 11.2 Å². The number of thiazole rings is 1. The fourth-order valence-electron chi connectivity index (χ4n) is 2.62. The van der Waals surface area contributed by atoms with Crippen molar-refractivity contribution < 1.29 is 9.21 Å². The first-order chi connectivity index (χ1) is 13.1. The van der Waals surface area contributed by atoms with E-state index in [1.54, 1.807) is 12.1 Å². The van der Waals surface area contributed by atoms with Gasteiger partial charge in [-0.25, -0.2) is 4.98 Å². The molecule has 0 bridgehead atoms. The van der Waals surface area contributed by atoms with E-state index in [4.69, 9.17) is 16.0 Å². The van der Waals surface area contributed by atoms with E-state index in [0.29, 0.717) is 16.0 Å². The molecule has 1 N–H and O–H groups in total. The summed E-state index contributed by atoms with van der Waals surface area (Å²) in [5.74, 6) is -0.518. The summed E-state index contributed by atoms with van der Waals surface area (Å²) in [7, 11) is 0. The van der Waals surface area contributed by atoms with Crippen LogP contribution in [0.15, 0.2) is 69.2 Å². The number of halogens is 1. The van der Waals surface area contributed by atoms with Crippen LogP contribution in [0.5, 0.6) is 0 Å². The Bertz CT molecular complexity index is 1180. The monoisotopic (exact) mass is 396 g/mol. The standard InChI is InChI=1S/C20H13ClN2O3S/c21-13-6-7-17-14(8-13)16(24)9-18(26-17)20(25)22-10-19-23-15(11-27-19)12-4-2-1-3-5-12/h1-9,11H,10H2,(H,22,25). The van der Waals surface area contributed by atoms with E-state index in [-0.39, 0.29) is 17.7 Å². The molecule has 2 aromatic carbocycles. The van der Waals surface area contributed by atoms with Gasteiger partial charge in [-0.1, -0.05) is 41.9 Å². The third-order valence-corrected chi connectivity index (χ3v) is 5.02. The van der Waals surface area contributed by atoms with Crippen LogP contribution in [0.1, 0.15) is 15.6 Å². The number of rotatable bonds is 4. The Morgan fingerprint density at radius 2 is 1.96 bits per heavy atom. The number of nitrogens with zero attached hydrogens (tertiary/aromatic N) is 1. The fraction of sp³-hybridized carbons (Fsp3) is 0.0500. The lowest BCUT2D eigenvalue weighted by Crippen LogP contribution is -2.23. The molecule has 0 fully saturated rings. The van der Waals surface area contributed by atoms with E-state index in [9.17, 15) is 9.59 Å². The molecule has 4 rings (SSSR count). The van der Waals surface area contributed by atoms with Crippen LogP contribution in [-0.2, 0) is 6.54 Å². The molecule has 134 valence electrons. The molecule has 7 heteroatoms. The third-order valence-electron chi connectivity index (χ3n) is 3.93. The predicted molar refractivity (Wildman–Crippen MR) is 106 cm³/mol. The van der Waals surface area contributed by atoms with Crippen LogP contribution in [0.3, 0.4) is 0 Å². The summed E-state index contributed by atoms with van der Waals surface area (Å²) in [6.07, 6.45) is 0. The van der Waals surface area contributed by atoms with E-state index in [1.165, 1.54) is 23.5 Å². The van der Waals surface area contributed by atoms with E-state index >= 15 is 0 Å². The molecule has 0 radical (unpaired) electrons. The van der Waals surface area contributed by atoms with Gasteiger partial charge < -0.3 is 9.73 Å². The van der Waals surface area contributed by atoms with Crippen molar-refractivity contribution in [2.24, 2.45) is 0 Å². The molecule has 2 aromatic heterocycles. The van der Waals surface area contributed by atoms with Crippen molar-refractivity contribution in [3.05, 3.63) is 86.0 Å². The zero-order valence-corrected chi connectivity index (χ0v) is 15.5. The van der Waals surface area contributed by atoms with Crippen molar-refractivity contribution in [2.75, 3.05) is 0 Å². The van der Waals surface area contributed by atoms with Crippen LogP contribution in [0.2, 0.25) is 5.02 Å². The average Bonchev–Trinajstić information content (AvgIpc) is 3.16. The fourth-order valence-corrected chi connectivity index (χ4v) is 3.53.